The number of nitrogens with zero attached hydrogens (tertiary/aromatic N) is 2. The highest BCUT2D eigenvalue weighted by Gasteiger charge is 2.16. The summed E-state index contributed by atoms with van der Waals surface area (Å²) in [6, 6.07) is 4.76. The standard InChI is InChI=1S/C12H14N4O2/c1-3-9-11(14-15-12(9)13)10-6-8(16(17)18)5-4-7(10)2/h4-6H,3H2,1-2H3,(H3,13,14,15). The van der Waals surface area contributed by atoms with E-state index < -0.39 is 4.92 Å². The van der Waals surface area contributed by atoms with Gasteiger partial charge in [0.05, 0.1) is 10.6 Å². The number of nitro groups is 1. The van der Waals surface area contributed by atoms with E-state index in [0.717, 1.165) is 28.8 Å². The van der Waals surface area contributed by atoms with Gasteiger partial charge < -0.3 is 5.73 Å². The Morgan fingerprint density at radius 1 is 1.50 bits per heavy atom. The van der Waals surface area contributed by atoms with Gasteiger partial charge in [0, 0.05) is 23.3 Å². The fourth-order valence-electron chi connectivity index (χ4n) is 1.95. The van der Waals surface area contributed by atoms with Crippen molar-refractivity contribution < 1.29 is 4.92 Å². The number of benzene rings is 1. The van der Waals surface area contributed by atoms with Crippen LogP contribution in [0.25, 0.3) is 11.3 Å². The SMILES string of the molecule is CCc1c(N)n[nH]c1-c1cc([N+](=O)[O-])ccc1C. The van der Waals surface area contributed by atoms with Gasteiger partial charge in [-0.15, -0.1) is 0 Å². The van der Waals surface area contributed by atoms with Crippen LogP contribution in [0.1, 0.15) is 18.1 Å². The number of aryl methyl sites for hydroxylation is 1. The molecule has 0 saturated heterocycles. The van der Waals surface area contributed by atoms with Crippen molar-refractivity contribution in [3.63, 3.8) is 0 Å². The fraction of sp³-hybridized carbons (Fsp3) is 0.250. The Morgan fingerprint density at radius 2 is 2.22 bits per heavy atom. The molecule has 0 atom stereocenters. The molecule has 18 heavy (non-hydrogen) atoms. The molecule has 2 aromatic rings. The Morgan fingerprint density at radius 3 is 2.83 bits per heavy atom. The molecular weight excluding hydrogens is 232 g/mol. The summed E-state index contributed by atoms with van der Waals surface area (Å²) >= 11 is 0. The predicted octanol–water partition coefficient (Wildman–Crippen LogP) is 2.44. The Balaban J connectivity index is 2.62. The van der Waals surface area contributed by atoms with E-state index in [0.29, 0.717) is 5.82 Å². The number of aromatic amines is 1. The maximum atomic E-state index is 10.8. The second kappa shape index (κ2) is 4.48. The molecule has 0 unspecified atom stereocenters. The molecule has 0 fully saturated rings. The lowest BCUT2D eigenvalue weighted by molar-refractivity contribution is -0.384. The molecule has 6 heteroatoms. The monoisotopic (exact) mass is 246 g/mol. The lowest BCUT2D eigenvalue weighted by atomic mass is 10.0. The van der Waals surface area contributed by atoms with Crippen molar-refractivity contribution in [1.82, 2.24) is 10.2 Å². The van der Waals surface area contributed by atoms with Crippen molar-refractivity contribution in [3.05, 3.63) is 39.4 Å². The van der Waals surface area contributed by atoms with Crippen LogP contribution >= 0.6 is 0 Å². The van der Waals surface area contributed by atoms with E-state index in [2.05, 4.69) is 10.2 Å². The number of H-pyrrole nitrogens is 1. The lowest BCUT2D eigenvalue weighted by Gasteiger charge is -2.05. The van der Waals surface area contributed by atoms with Crippen LogP contribution in [0.15, 0.2) is 18.2 Å². The van der Waals surface area contributed by atoms with Crippen LogP contribution < -0.4 is 5.73 Å². The Kier molecular flexibility index (Phi) is 3.01. The first-order chi connectivity index (χ1) is 8.54. The first kappa shape index (κ1) is 12.1. The Bertz CT molecular complexity index is 604. The summed E-state index contributed by atoms with van der Waals surface area (Å²) in [7, 11) is 0. The Labute approximate surface area is 104 Å². The summed E-state index contributed by atoms with van der Waals surface area (Å²) in [4.78, 5) is 10.4. The van der Waals surface area contributed by atoms with Gasteiger partial charge in [0.1, 0.15) is 5.82 Å². The summed E-state index contributed by atoms with van der Waals surface area (Å²) < 4.78 is 0. The van der Waals surface area contributed by atoms with Gasteiger partial charge in [-0.3, -0.25) is 15.2 Å². The van der Waals surface area contributed by atoms with Crippen LogP contribution in [-0.2, 0) is 6.42 Å². The topological polar surface area (TPSA) is 97.8 Å². The average Bonchev–Trinajstić information content (AvgIpc) is 2.70. The normalized spacial score (nSPS) is 10.6. The van der Waals surface area contributed by atoms with Gasteiger partial charge in [-0.05, 0) is 18.9 Å². The molecule has 0 spiro atoms. The molecule has 0 aliphatic carbocycles. The van der Waals surface area contributed by atoms with Gasteiger partial charge in [-0.1, -0.05) is 13.0 Å². The van der Waals surface area contributed by atoms with Crippen molar-refractivity contribution in [2.24, 2.45) is 0 Å². The van der Waals surface area contributed by atoms with E-state index in [1.807, 2.05) is 13.8 Å². The highest BCUT2D eigenvalue weighted by Crippen LogP contribution is 2.30. The van der Waals surface area contributed by atoms with Crippen LogP contribution in [-0.4, -0.2) is 15.1 Å². The third-order valence-electron chi connectivity index (χ3n) is 2.95. The molecule has 3 N–H and O–H groups in total. The van der Waals surface area contributed by atoms with Gasteiger partial charge in [0.2, 0.25) is 0 Å². The van der Waals surface area contributed by atoms with Crippen molar-refractivity contribution in [3.8, 4) is 11.3 Å². The number of hydrogen-bond donors (Lipinski definition) is 2. The van der Waals surface area contributed by atoms with Crippen LogP contribution in [0.4, 0.5) is 11.5 Å². The number of non-ortho nitro benzene ring substituents is 1. The average molecular weight is 246 g/mol. The van der Waals surface area contributed by atoms with Crippen molar-refractivity contribution >= 4 is 11.5 Å². The second-order valence-corrected chi connectivity index (χ2v) is 4.07. The van der Waals surface area contributed by atoms with E-state index in [9.17, 15) is 10.1 Å². The maximum absolute atomic E-state index is 10.8. The van der Waals surface area contributed by atoms with Crippen molar-refractivity contribution in [2.45, 2.75) is 20.3 Å². The van der Waals surface area contributed by atoms with Crippen molar-refractivity contribution in [1.29, 1.82) is 0 Å². The number of nitrogens with one attached hydrogen (secondary N) is 1. The molecule has 1 aromatic carbocycles. The molecule has 6 nitrogen and oxygen atoms in total. The number of nitrogen functional groups attached to an aromatic ring is 1. The zero-order valence-corrected chi connectivity index (χ0v) is 10.2. The van der Waals surface area contributed by atoms with Gasteiger partial charge in [-0.25, -0.2) is 0 Å². The molecule has 1 heterocycles. The molecule has 0 aliphatic rings. The minimum absolute atomic E-state index is 0.0609. The first-order valence-corrected chi connectivity index (χ1v) is 5.62. The maximum Gasteiger partial charge on any atom is 0.270 e. The minimum atomic E-state index is -0.408. The van der Waals surface area contributed by atoms with Crippen LogP contribution in [0.5, 0.6) is 0 Å². The predicted molar refractivity (Wildman–Crippen MR) is 69.2 cm³/mol. The van der Waals surface area contributed by atoms with Crippen LogP contribution in [0.2, 0.25) is 0 Å². The number of aromatic nitrogens is 2. The highest BCUT2D eigenvalue weighted by atomic mass is 16.6. The third kappa shape index (κ3) is 1.92. The smallest absolute Gasteiger partial charge is 0.270 e. The summed E-state index contributed by atoms with van der Waals surface area (Å²) in [5.41, 5.74) is 9.18. The summed E-state index contributed by atoms with van der Waals surface area (Å²) in [6.45, 7) is 3.87. The van der Waals surface area contributed by atoms with Crippen LogP contribution in [0, 0.1) is 17.0 Å². The molecule has 0 amide bonds. The molecule has 0 aliphatic heterocycles. The quantitative estimate of drug-likeness (QED) is 0.641. The molecule has 1 aromatic heterocycles. The Hall–Kier alpha value is -2.37. The first-order valence-electron chi connectivity index (χ1n) is 5.62. The number of hydrogen-bond acceptors (Lipinski definition) is 4. The molecule has 2 rings (SSSR count). The lowest BCUT2D eigenvalue weighted by Crippen LogP contribution is -1.94. The number of rotatable bonds is 3. The number of nitro benzene ring substituents is 1. The molecule has 0 radical (unpaired) electrons. The third-order valence-corrected chi connectivity index (χ3v) is 2.95. The fourth-order valence-corrected chi connectivity index (χ4v) is 1.95. The molecule has 94 valence electrons. The largest absolute Gasteiger partial charge is 0.382 e. The van der Waals surface area contributed by atoms with E-state index >= 15 is 0 Å². The zero-order valence-electron chi connectivity index (χ0n) is 10.2. The summed E-state index contributed by atoms with van der Waals surface area (Å²) in [5, 5.41) is 17.6. The second-order valence-electron chi connectivity index (χ2n) is 4.07. The van der Waals surface area contributed by atoms with E-state index in [-0.39, 0.29) is 5.69 Å². The van der Waals surface area contributed by atoms with Gasteiger partial charge in [0.25, 0.3) is 5.69 Å². The minimum Gasteiger partial charge on any atom is -0.382 e. The summed E-state index contributed by atoms with van der Waals surface area (Å²) in [5.74, 6) is 0.443. The molecule has 0 bridgehead atoms. The molecule has 0 saturated carbocycles. The highest BCUT2D eigenvalue weighted by molar-refractivity contribution is 5.72. The summed E-state index contributed by atoms with van der Waals surface area (Å²) in [6.07, 6.45) is 0.722. The number of anilines is 1. The van der Waals surface area contributed by atoms with Gasteiger partial charge in [0.15, 0.2) is 0 Å². The van der Waals surface area contributed by atoms with Crippen LogP contribution in [0.3, 0.4) is 0 Å². The zero-order chi connectivity index (χ0) is 13.3. The number of nitrogens with two attached hydrogens (primary N) is 1. The van der Waals surface area contributed by atoms with E-state index in [4.69, 9.17) is 5.73 Å². The van der Waals surface area contributed by atoms with Crippen molar-refractivity contribution in [2.75, 3.05) is 5.73 Å². The van der Waals surface area contributed by atoms with Gasteiger partial charge in [-0.2, -0.15) is 5.10 Å². The molecular formula is C12H14N4O2. The van der Waals surface area contributed by atoms with Gasteiger partial charge >= 0.3 is 0 Å². The van der Waals surface area contributed by atoms with E-state index in [1.54, 1.807) is 12.1 Å². The van der Waals surface area contributed by atoms with E-state index in [1.165, 1.54) is 6.07 Å².